The zero-order valence-corrected chi connectivity index (χ0v) is 10.8. The molecule has 1 aromatic heterocycles. The van der Waals surface area contributed by atoms with Crippen molar-refractivity contribution in [2.45, 2.75) is 25.9 Å². The van der Waals surface area contributed by atoms with Crippen LogP contribution in [0.15, 0.2) is 35.0 Å². The SMILES string of the molecule is O=C1CCCc2ccc(OCc3ccsc3)cc21. The molecule has 92 valence electrons. The minimum Gasteiger partial charge on any atom is -0.489 e. The maximum absolute atomic E-state index is 11.8. The quantitative estimate of drug-likeness (QED) is 0.836. The molecule has 0 N–H and O–H groups in total. The summed E-state index contributed by atoms with van der Waals surface area (Å²) in [4.78, 5) is 11.8. The first-order valence-corrected chi connectivity index (χ1v) is 7.07. The van der Waals surface area contributed by atoms with Gasteiger partial charge in [-0.3, -0.25) is 4.79 Å². The van der Waals surface area contributed by atoms with E-state index in [-0.39, 0.29) is 5.78 Å². The summed E-state index contributed by atoms with van der Waals surface area (Å²) in [7, 11) is 0. The van der Waals surface area contributed by atoms with Crippen LogP contribution in [0.5, 0.6) is 5.75 Å². The Bertz CT molecular complexity index is 558. The van der Waals surface area contributed by atoms with Crippen LogP contribution in [0.25, 0.3) is 0 Å². The van der Waals surface area contributed by atoms with Gasteiger partial charge < -0.3 is 4.74 Å². The summed E-state index contributed by atoms with van der Waals surface area (Å²) >= 11 is 1.66. The van der Waals surface area contributed by atoms with E-state index in [1.165, 1.54) is 5.56 Å². The Morgan fingerprint density at radius 3 is 3.00 bits per heavy atom. The van der Waals surface area contributed by atoms with E-state index in [1.807, 2.05) is 29.6 Å². The van der Waals surface area contributed by atoms with E-state index < -0.39 is 0 Å². The van der Waals surface area contributed by atoms with Crippen LogP contribution in [0.1, 0.15) is 34.3 Å². The van der Waals surface area contributed by atoms with Crippen molar-refractivity contribution in [3.63, 3.8) is 0 Å². The summed E-state index contributed by atoms with van der Waals surface area (Å²) in [5.74, 6) is 1.03. The van der Waals surface area contributed by atoms with E-state index in [2.05, 4.69) is 5.38 Å². The van der Waals surface area contributed by atoms with Gasteiger partial charge in [0.05, 0.1) is 0 Å². The fraction of sp³-hybridized carbons (Fsp3) is 0.267. The molecule has 18 heavy (non-hydrogen) atoms. The number of ether oxygens (including phenoxy) is 1. The summed E-state index contributed by atoms with van der Waals surface area (Å²) in [5.41, 5.74) is 3.18. The average molecular weight is 258 g/mol. The second-order valence-corrected chi connectivity index (χ2v) is 5.30. The smallest absolute Gasteiger partial charge is 0.163 e. The van der Waals surface area contributed by atoms with Gasteiger partial charge in [-0.1, -0.05) is 6.07 Å². The van der Waals surface area contributed by atoms with E-state index >= 15 is 0 Å². The van der Waals surface area contributed by atoms with Gasteiger partial charge in [-0.05, 0) is 52.9 Å². The van der Waals surface area contributed by atoms with Gasteiger partial charge in [-0.2, -0.15) is 11.3 Å². The van der Waals surface area contributed by atoms with Gasteiger partial charge in [0.2, 0.25) is 0 Å². The van der Waals surface area contributed by atoms with E-state index in [1.54, 1.807) is 11.3 Å². The Morgan fingerprint density at radius 1 is 1.22 bits per heavy atom. The second-order valence-electron chi connectivity index (χ2n) is 4.52. The third kappa shape index (κ3) is 2.31. The Kier molecular flexibility index (Phi) is 3.15. The molecule has 0 spiro atoms. The molecule has 1 aliphatic carbocycles. The molecule has 0 fully saturated rings. The number of hydrogen-bond donors (Lipinski definition) is 0. The van der Waals surface area contributed by atoms with Gasteiger partial charge in [-0.15, -0.1) is 0 Å². The van der Waals surface area contributed by atoms with Crippen LogP contribution in [0.3, 0.4) is 0 Å². The lowest BCUT2D eigenvalue weighted by Crippen LogP contribution is -2.10. The molecule has 0 unspecified atom stereocenters. The average Bonchev–Trinajstić information content (AvgIpc) is 2.90. The highest BCUT2D eigenvalue weighted by atomic mass is 32.1. The number of thiophene rings is 1. The fourth-order valence-electron chi connectivity index (χ4n) is 2.24. The maximum Gasteiger partial charge on any atom is 0.163 e. The number of fused-ring (bicyclic) bond motifs is 1. The standard InChI is InChI=1S/C15H14O2S/c16-15-3-1-2-12-4-5-13(8-14(12)15)17-9-11-6-7-18-10-11/h4-8,10H,1-3,9H2. The van der Waals surface area contributed by atoms with Crippen molar-refractivity contribution in [2.24, 2.45) is 0 Å². The lowest BCUT2D eigenvalue weighted by atomic mass is 9.90. The van der Waals surface area contributed by atoms with Gasteiger partial charge in [0.25, 0.3) is 0 Å². The number of carbonyl (C=O) groups excluding carboxylic acids is 1. The van der Waals surface area contributed by atoms with Crippen molar-refractivity contribution < 1.29 is 9.53 Å². The van der Waals surface area contributed by atoms with Crippen molar-refractivity contribution in [1.29, 1.82) is 0 Å². The minimum atomic E-state index is 0.247. The Morgan fingerprint density at radius 2 is 2.17 bits per heavy atom. The summed E-state index contributed by atoms with van der Waals surface area (Å²) in [5, 5.41) is 4.11. The molecule has 2 aromatic rings. The highest BCUT2D eigenvalue weighted by Gasteiger charge is 2.17. The first kappa shape index (κ1) is 11.5. The largest absolute Gasteiger partial charge is 0.489 e. The van der Waals surface area contributed by atoms with Gasteiger partial charge >= 0.3 is 0 Å². The van der Waals surface area contributed by atoms with Crippen LogP contribution >= 0.6 is 11.3 Å². The zero-order valence-electron chi connectivity index (χ0n) is 10.0. The molecule has 1 heterocycles. The maximum atomic E-state index is 11.8. The van der Waals surface area contributed by atoms with Gasteiger partial charge in [-0.25, -0.2) is 0 Å². The van der Waals surface area contributed by atoms with Crippen LogP contribution in [0.2, 0.25) is 0 Å². The summed E-state index contributed by atoms with van der Waals surface area (Å²) in [6, 6.07) is 7.93. The molecule has 0 bridgehead atoms. The summed E-state index contributed by atoms with van der Waals surface area (Å²) in [6.07, 6.45) is 2.65. The summed E-state index contributed by atoms with van der Waals surface area (Å²) < 4.78 is 5.72. The lowest BCUT2D eigenvalue weighted by molar-refractivity contribution is 0.0972. The number of Topliss-reactive ketones (excluding diaryl/α,β-unsaturated/α-hetero) is 1. The lowest BCUT2D eigenvalue weighted by Gasteiger charge is -2.15. The van der Waals surface area contributed by atoms with Gasteiger partial charge in [0.1, 0.15) is 12.4 Å². The summed E-state index contributed by atoms with van der Waals surface area (Å²) in [6.45, 7) is 0.566. The van der Waals surface area contributed by atoms with Crippen LogP contribution in [0, 0.1) is 0 Å². The van der Waals surface area contributed by atoms with Crippen LogP contribution in [0.4, 0.5) is 0 Å². The number of hydrogen-bond acceptors (Lipinski definition) is 3. The van der Waals surface area contributed by atoms with Crippen molar-refractivity contribution in [2.75, 3.05) is 0 Å². The van der Waals surface area contributed by atoms with E-state index in [0.29, 0.717) is 13.0 Å². The van der Waals surface area contributed by atoms with Crippen LogP contribution in [-0.4, -0.2) is 5.78 Å². The Balaban J connectivity index is 1.77. The number of carbonyl (C=O) groups is 1. The third-order valence-electron chi connectivity index (χ3n) is 3.22. The number of aryl methyl sites for hydroxylation is 1. The predicted octanol–water partition coefficient (Wildman–Crippen LogP) is 3.85. The molecular formula is C15H14O2S. The normalized spacial score (nSPS) is 14.3. The molecular weight excluding hydrogens is 244 g/mol. The van der Waals surface area contributed by atoms with E-state index in [0.717, 1.165) is 29.7 Å². The molecule has 0 saturated carbocycles. The number of benzene rings is 1. The van der Waals surface area contributed by atoms with E-state index in [4.69, 9.17) is 4.74 Å². The molecule has 2 nitrogen and oxygen atoms in total. The molecule has 0 atom stereocenters. The molecule has 1 aromatic carbocycles. The molecule has 3 rings (SSSR count). The van der Waals surface area contributed by atoms with Crippen LogP contribution < -0.4 is 4.74 Å². The first-order valence-electron chi connectivity index (χ1n) is 6.13. The fourth-order valence-corrected chi connectivity index (χ4v) is 2.89. The predicted molar refractivity (Wildman–Crippen MR) is 72.4 cm³/mol. The molecule has 0 aliphatic heterocycles. The number of rotatable bonds is 3. The highest BCUT2D eigenvalue weighted by Crippen LogP contribution is 2.26. The van der Waals surface area contributed by atoms with E-state index in [9.17, 15) is 4.79 Å². The molecule has 3 heteroatoms. The van der Waals surface area contributed by atoms with Gasteiger partial charge in [0.15, 0.2) is 5.78 Å². The highest BCUT2D eigenvalue weighted by molar-refractivity contribution is 7.07. The van der Waals surface area contributed by atoms with Gasteiger partial charge in [0, 0.05) is 12.0 Å². The van der Waals surface area contributed by atoms with Crippen molar-refractivity contribution >= 4 is 17.1 Å². The Labute approximate surface area is 110 Å². The zero-order chi connectivity index (χ0) is 12.4. The molecule has 0 radical (unpaired) electrons. The number of ketones is 1. The Hall–Kier alpha value is -1.61. The molecule has 0 saturated heterocycles. The minimum absolute atomic E-state index is 0.247. The topological polar surface area (TPSA) is 26.3 Å². The monoisotopic (exact) mass is 258 g/mol. The molecule has 1 aliphatic rings. The second kappa shape index (κ2) is 4.94. The first-order chi connectivity index (χ1) is 8.83. The van der Waals surface area contributed by atoms with Crippen molar-refractivity contribution in [3.05, 3.63) is 51.7 Å². The van der Waals surface area contributed by atoms with Crippen molar-refractivity contribution in [3.8, 4) is 5.75 Å². The van der Waals surface area contributed by atoms with Crippen LogP contribution in [-0.2, 0) is 13.0 Å². The third-order valence-corrected chi connectivity index (χ3v) is 3.95. The van der Waals surface area contributed by atoms with Crippen molar-refractivity contribution in [1.82, 2.24) is 0 Å². The molecule has 0 amide bonds.